The number of piperidine rings is 1. The fraction of sp³-hybridized carbons (Fsp3) is 0.333. The van der Waals surface area contributed by atoms with Gasteiger partial charge < -0.3 is 10.0 Å². The molecule has 3 rings (SSSR count). The Morgan fingerprint density at radius 1 is 1.00 bits per heavy atom. The summed E-state index contributed by atoms with van der Waals surface area (Å²) in [6.07, 6.45) is 1.17. The lowest BCUT2D eigenvalue weighted by Crippen LogP contribution is -2.36. The van der Waals surface area contributed by atoms with E-state index in [0.29, 0.717) is 29.9 Å². The summed E-state index contributed by atoms with van der Waals surface area (Å²) in [4.78, 5) is 2.04. The zero-order chi connectivity index (χ0) is 14.8. The molecule has 0 saturated carbocycles. The number of rotatable bonds is 2. The van der Waals surface area contributed by atoms with E-state index in [1.54, 1.807) is 12.1 Å². The van der Waals surface area contributed by atoms with E-state index in [1.807, 2.05) is 4.90 Å². The highest BCUT2D eigenvalue weighted by Gasteiger charge is 2.18. The van der Waals surface area contributed by atoms with Gasteiger partial charge in [0.2, 0.25) is 0 Å². The molecule has 2 aromatic rings. The van der Waals surface area contributed by atoms with Crippen LogP contribution in [0, 0.1) is 11.6 Å². The van der Waals surface area contributed by atoms with Crippen molar-refractivity contribution in [3.63, 3.8) is 0 Å². The highest BCUT2D eigenvalue weighted by molar-refractivity contribution is 5.59. The quantitative estimate of drug-likeness (QED) is 0.923. The molecule has 0 bridgehead atoms. The third kappa shape index (κ3) is 3.16. The van der Waals surface area contributed by atoms with Crippen LogP contribution in [0.5, 0.6) is 0 Å². The maximum Gasteiger partial charge on any atom is 0.151 e. The van der Waals surface area contributed by atoms with E-state index in [9.17, 15) is 13.9 Å². The summed E-state index contributed by atoms with van der Waals surface area (Å²) in [5, 5.41) is 17.6. The topological polar surface area (TPSA) is 49.2 Å². The molecule has 1 saturated heterocycles. The van der Waals surface area contributed by atoms with Gasteiger partial charge in [0.1, 0.15) is 11.6 Å². The molecule has 0 aliphatic carbocycles. The van der Waals surface area contributed by atoms with Crippen molar-refractivity contribution >= 4 is 5.82 Å². The van der Waals surface area contributed by atoms with Crippen LogP contribution in [0.4, 0.5) is 14.6 Å². The van der Waals surface area contributed by atoms with Crippen LogP contribution in [0.3, 0.4) is 0 Å². The molecule has 1 fully saturated rings. The normalized spacial score (nSPS) is 16.2. The Bertz CT molecular complexity index is 605. The van der Waals surface area contributed by atoms with Crippen LogP contribution in [0.2, 0.25) is 0 Å². The molecule has 0 unspecified atom stereocenters. The smallest absolute Gasteiger partial charge is 0.151 e. The Balaban J connectivity index is 1.80. The number of aromatic nitrogens is 2. The lowest BCUT2D eigenvalue weighted by atomic mass is 10.1. The SMILES string of the molecule is OC1CCN(c2ccc(-c3cc(F)cc(F)c3)nn2)CC1. The minimum atomic E-state index is -0.638. The molecule has 110 valence electrons. The van der Waals surface area contributed by atoms with Gasteiger partial charge in [-0.15, -0.1) is 10.2 Å². The molecule has 0 radical (unpaired) electrons. The molecule has 0 amide bonds. The maximum absolute atomic E-state index is 13.2. The lowest BCUT2D eigenvalue weighted by Gasteiger charge is -2.30. The molecule has 2 heterocycles. The molecule has 21 heavy (non-hydrogen) atoms. The molecule has 1 aromatic heterocycles. The third-order valence-corrected chi connectivity index (χ3v) is 3.60. The molecule has 6 heteroatoms. The van der Waals surface area contributed by atoms with Crippen molar-refractivity contribution in [1.82, 2.24) is 10.2 Å². The first-order valence-corrected chi connectivity index (χ1v) is 6.85. The van der Waals surface area contributed by atoms with Crippen molar-refractivity contribution < 1.29 is 13.9 Å². The molecular formula is C15H15F2N3O. The van der Waals surface area contributed by atoms with E-state index in [1.165, 1.54) is 12.1 Å². The number of aliphatic hydroxyl groups is 1. The summed E-state index contributed by atoms with van der Waals surface area (Å²) in [5.41, 5.74) is 0.787. The molecular weight excluding hydrogens is 276 g/mol. The van der Waals surface area contributed by atoms with Gasteiger partial charge in [-0.1, -0.05) is 0 Å². The Labute approximate surface area is 121 Å². The monoisotopic (exact) mass is 291 g/mol. The molecule has 4 nitrogen and oxygen atoms in total. The Hall–Kier alpha value is -2.08. The van der Waals surface area contributed by atoms with Crippen molar-refractivity contribution in [2.45, 2.75) is 18.9 Å². The van der Waals surface area contributed by atoms with Crippen LogP contribution < -0.4 is 4.90 Å². The first-order valence-electron chi connectivity index (χ1n) is 6.85. The van der Waals surface area contributed by atoms with Gasteiger partial charge in [-0.05, 0) is 37.1 Å². The maximum atomic E-state index is 13.2. The second-order valence-corrected chi connectivity index (χ2v) is 5.15. The van der Waals surface area contributed by atoms with Crippen LogP contribution in [-0.2, 0) is 0 Å². The zero-order valence-electron chi connectivity index (χ0n) is 11.3. The number of nitrogens with zero attached hydrogens (tertiary/aromatic N) is 3. The summed E-state index contributed by atoms with van der Waals surface area (Å²) in [6.45, 7) is 1.45. The van der Waals surface area contributed by atoms with Gasteiger partial charge in [0.15, 0.2) is 5.82 Å². The van der Waals surface area contributed by atoms with Crippen molar-refractivity contribution in [2.75, 3.05) is 18.0 Å². The van der Waals surface area contributed by atoms with Crippen LogP contribution >= 0.6 is 0 Å². The predicted molar refractivity (Wildman–Crippen MR) is 74.8 cm³/mol. The molecule has 0 atom stereocenters. The van der Waals surface area contributed by atoms with Gasteiger partial charge in [0, 0.05) is 24.7 Å². The number of halogens is 2. The Morgan fingerprint density at radius 3 is 2.24 bits per heavy atom. The average molecular weight is 291 g/mol. The minimum Gasteiger partial charge on any atom is -0.393 e. The number of hydrogen-bond acceptors (Lipinski definition) is 4. The van der Waals surface area contributed by atoms with Gasteiger partial charge in [0.05, 0.1) is 11.8 Å². The summed E-state index contributed by atoms with van der Waals surface area (Å²) < 4.78 is 26.4. The zero-order valence-corrected chi connectivity index (χ0v) is 11.3. The van der Waals surface area contributed by atoms with Crippen molar-refractivity contribution in [3.8, 4) is 11.3 Å². The lowest BCUT2D eigenvalue weighted by molar-refractivity contribution is 0.145. The van der Waals surface area contributed by atoms with Crippen LogP contribution in [-0.4, -0.2) is 34.5 Å². The van der Waals surface area contributed by atoms with Crippen LogP contribution in [0.15, 0.2) is 30.3 Å². The summed E-state index contributed by atoms with van der Waals surface area (Å²) in [6, 6.07) is 6.75. The number of hydrogen-bond donors (Lipinski definition) is 1. The van der Waals surface area contributed by atoms with E-state index >= 15 is 0 Å². The van der Waals surface area contributed by atoms with E-state index in [-0.39, 0.29) is 6.10 Å². The van der Waals surface area contributed by atoms with Gasteiger partial charge >= 0.3 is 0 Å². The fourth-order valence-electron chi connectivity index (χ4n) is 2.44. The largest absolute Gasteiger partial charge is 0.393 e. The highest BCUT2D eigenvalue weighted by Crippen LogP contribution is 2.22. The molecule has 1 aromatic carbocycles. The van der Waals surface area contributed by atoms with Gasteiger partial charge in [0.25, 0.3) is 0 Å². The number of aliphatic hydroxyl groups excluding tert-OH is 1. The van der Waals surface area contributed by atoms with E-state index in [2.05, 4.69) is 10.2 Å². The second kappa shape index (κ2) is 5.73. The Morgan fingerprint density at radius 2 is 1.67 bits per heavy atom. The van der Waals surface area contributed by atoms with Crippen molar-refractivity contribution in [1.29, 1.82) is 0 Å². The number of benzene rings is 1. The molecule has 1 N–H and O–H groups in total. The first kappa shape index (κ1) is 13.9. The van der Waals surface area contributed by atoms with Gasteiger partial charge in [-0.2, -0.15) is 0 Å². The first-order chi connectivity index (χ1) is 10.1. The third-order valence-electron chi connectivity index (χ3n) is 3.60. The second-order valence-electron chi connectivity index (χ2n) is 5.15. The minimum absolute atomic E-state index is 0.247. The fourth-order valence-corrected chi connectivity index (χ4v) is 2.44. The van der Waals surface area contributed by atoms with Crippen molar-refractivity contribution in [3.05, 3.63) is 42.0 Å². The van der Waals surface area contributed by atoms with E-state index < -0.39 is 11.6 Å². The standard InChI is InChI=1S/C15H15F2N3O/c16-11-7-10(8-12(17)9-11)14-1-2-15(19-18-14)20-5-3-13(21)4-6-20/h1-2,7-9,13,21H,3-6H2. The summed E-state index contributed by atoms with van der Waals surface area (Å²) in [5.74, 6) is -0.565. The number of anilines is 1. The summed E-state index contributed by atoms with van der Waals surface area (Å²) >= 11 is 0. The van der Waals surface area contributed by atoms with Gasteiger partial charge in [-0.25, -0.2) is 8.78 Å². The molecule has 1 aliphatic heterocycles. The van der Waals surface area contributed by atoms with E-state index in [0.717, 1.165) is 19.2 Å². The average Bonchev–Trinajstić information content (AvgIpc) is 2.47. The highest BCUT2D eigenvalue weighted by atomic mass is 19.1. The summed E-state index contributed by atoms with van der Waals surface area (Å²) in [7, 11) is 0. The Kier molecular flexibility index (Phi) is 3.79. The van der Waals surface area contributed by atoms with Crippen molar-refractivity contribution in [2.24, 2.45) is 0 Å². The van der Waals surface area contributed by atoms with Crippen LogP contribution in [0.25, 0.3) is 11.3 Å². The van der Waals surface area contributed by atoms with E-state index in [4.69, 9.17) is 0 Å². The molecule has 1 aliphatic rings. The van der Waals surface area contributed by atoms with Crippen LogP contribution in [0.1, 0.15) is 12.8 Å². The van der Waals surface area contributed by atoms with Gasteiger partial charge in [-0.3, -0.25) is 0 Å². The predicted octanol–water partition coefficient (Wildman–Crippen LogP) is 2.38. The molecule has 0 spiro atoms.